The number of aromatic nitrogens is 2. The van der Waals surface area contributed by atoms with Crippen molar-refractivity contribution >= 4 is 21.8 Å². The number of halogens is 3. The van der Waals surface area contributed by atoms with Crippen molar-refractivity contribution in [3.8, 4) is 34.0 Å². The zero-order valence-electron chi connectivity index (χ0n) is 19.4. The first-order chi connectivity index (χ1) is 18.0. The third-order valence-corrected chi connectivity index (χ3v) is 6.57. The van der Waals surface area contributed by atoms with E-state index >= 15 is 0 Å². The molecule has 0 saturated carbocycles. The molecule has 178 valence electrons. The standard InChI is InChI=1S/C31H18F3N3/c32-31(33,34)23-10-11-25-24-8-4-5-9-28(24)37(29(25)17-23)30-18-26(21-12-14-36-15-13-21)22(19-35)16-27(30)20-6-2-1-3-7-20/h1-18H. The van der Waals surface area contributed by atoms with E-state index in [4.69, 9.17) is 0 Å². The molecule has 0 aliphatic rings. The zero-order valence-corrected chi connectivity index (χ0v) is 19.4. The Morgan fingerprint density at radius 3 is 2.08 bits per heavy atom. The van der Waals surface area contributed by atoms with Gasteiger partial charge in [-0.2, -0.15) is 18.4 Å². The Balaban J connectivity index is 1.78. The summed E-state index contributed by atoms with van der Waals surface area (Å²) in [5, 5.41) is 11.6. The number of nitriles is 1. The van der Waals surface area contributed by atoms with E-state index in [1.54, 1.807) is 12.4 Å². The van der Waals surface area contributed by atoms with Gasteiger partial charge in [0.15, 0.2) is 0 Å². The highest BCUT2D eigenvalue weighted by Gasteiger charge is 2.31. The summed E-state index contributed by atoms with van der Waals surface area (Å²) < 4.78 is 43.2. The Kier molecular flexibility index (Phi) is 5.27. The number of alkyl halides is 3. The molecule has 3 nitrogen and oxygen atoms in total. The predicted octanol–water partition coefficient (Wildman–Crippen LogP) is 8.40. The van der Waals surface area contributed by atoms with E-state index in [-0.39, 0.29) is 0 Å². The predicted molar refractivity (Wildman–Crippen MR) is 139 cm³/mol. The van der Waals surface area contributed by atoms with Crippen LogP contribution < -0.4 is 0 Å². The molecule has 0 spiro atoms. The fraction of sp³-hybridized carbons (Fsp3) is 0.0323. The highest BCUT2D eigenvalue weighted by molar-refractivity contribution is 6.10. The van der Waals surface area contributed by atoms with Crippen molar-refractivity contribution in [2.45, 2.75) is 6.18 Å². The summed E-state index contributed by atoms with van der Waals surface area (Å²) in [5.74, 6) is 0. The lowest BCUT2D eigenvalue weighted by atomic mass is 9.94. The molecule has 6 heteroatoms. The Bertz CT molecular complexity index is 1810. The topological polar surface area (TPSA) is 41.6 Å². The van der Waals surface area contributed by atoms with Gasteiger partial charge in [-0.25, -0.2) is 0 Å². The van der Waals surface area contributed by atoms with Gasteiger partial charge in [-0.05, 0) is 53.6 Å². The van der Waals surface area contributed by atoms with Gasteiger partial charge >= 0.3 is 6.18 Å². The van der Waals surface area contributed by atoms with Gasteiger partial charge in [0.1, 0.15) is 0 Å². The zero-order chi connectivity index (χ0) is 25.6. The van der Waals surface area contributed by atoms with Gasteiger partial charge in [-0.1, -0.05) is 54.6 Å². The van der Waals surface area contributed by atoms with E-state index in [0.717, 1.165) is 39.0 Å². The summed E-state index contributed by atoms with van der Waals surface area (Å²) in [6, 6.07) is 30.6. The van der Waals surface area contributed by atoms with Crippen molar-refractivity contribution in [3.63, 3.8) is 0 Å². The fourth-order valence-corrected chi connectivity index (χ4v) is 4.89. The molecule has 0 N–H and O–H groups in total. The summed E-state index contributed by atoms with van der Waals surface area (Å²) in [6.07, 6.45) is -1.18. The summed E-state index contributed by atoms with van der Waals surface area (Å²) in [5.41, 5.74) is 4.73. The molecular formula is C31H18F3N3. The highest BCUT2D eigenvalue weighted by atomic mass is 19.4. The minimum atomic E-state index is -4.48. The van der Waals surface area contributed by atoms with Gasteiger partial charge in [0.2, 0.25) is 0 Å². The number of benzene rings is 4. The molecule has 2 aromatic heterocycles. The molecule has 0 amide bonds. The summed E-state index contributed by atoms with van der Waals surface area (Å²) in [7, 11) is 0. The van der Waals surface area contributed by atoms with Crippen molar-refractivity contribution in [3.05, 3.63) is 121 Å². The fourth-order valence-electron chi connectivity index (χ4n) is 4.89. The number of hydrogen-bond acceptors (Lipinski definition) is 2. The van der Waals surface area contributed by atoms with Gasteiger partial charge in [0.05, 0.1) is 33.9 Å². The molecule has 0 bridgehead atoms. The van der Waals surface area contributed by atoms with Gasteiger partial charge < -0.3 is 4.57 Å². The molecule has 0 aliphatic carbocycles. The molecule has 0 atom stereocenters. The Morgan fingerprint density at radius 2 is 1.35 bits per heavy atom. The Hall–Kier alpha value is -4.89. The van der Waals surface area contributed by atoms with E-state index < -0.39 is 11.7 Å². The van der Waals surface area contributed by atoms with E-state index in [9.17, 15) is 18.4 Å². The molecule has 37 heavy (non-hydrogen) atoms. The van der Waals surface area contributed by atoms with Gasteiger partial charge in [-0.3, -0.25) is 4.98 Å². The number of fused-ring (bicyclic) bond motifs is 3. The largest absolute Gasteiger partial charge is 0.416 e. The molecule has 4 aromatic carbocycles. The second-order valence-electron chi connectivity index (χ2n) is 8.71. The molecule has 0 radical (unpaired) electrons. The minimum absolute atomic E-state index is 0.443. The lowest BCUT2D eigenvalue weighted by Gasteiger charge is -2.18. The lowest BCUT2D eigenvalue weighted by Crippen LogP contribution is -2.05. The molecule has 0 saturated heterocycles. The van der Waals surface area contributed by atoms with Crippen molar-refractivity contribution in [1.82, 2.24) is 9.55 Å². The maximum absolute atomic E-state index is 13.8. The third kappa shape index (κ3) is 3.82. The molecule has 0 unspecified atom stereocenters. The van der Waals surface area contributed by atoms with Crippen LogP contribution in [-0.2, 0) is 6.18 Å². The number of hydrogen-bond donors (Lipinski definition) is 0. The van der Waals surface area contributed by atoms with Gasteiger partial charge in [0, 0.05) is 34.3 Å². The average Bonchev–Trinajstić information content (AvgIpc) is 3.26. The molecule has 6 rings (SSSR count). The second kappa shape index (κ2) is 8.65. The van der Waals surface area contributed by atoms with Crippen LogP contribution in [0.5, 0.6) is 0 Å². The SMILES string of the molecule is N#Cc1cc(-c2ccccc2)c(-n2c3ccccc3c3ccc(C(F)(F)F)cc32)cc1-c1ccncc1. The molecule has 6 aromatic rings. The van der Waals surface area contributed by atoms with Crippen LogP contribution in [0.4, 0.5) is 13.2 Å². The Morgan fingerprint density at radius 1 is 0.676 bits per heavy atom. The van der Waals surface area contributed by atoms with E-state index in [1.807, 2.05) is 83.4 Å². The first-order valence-corrected chi connectivity index (χ1v) is 11.6. The molecule has 2 heterocycles. The van der Waals surface area contributed by atoms with Crippen molar-refractivity contribution < 1.29 is 13.2 Å². The highest BCUT2D eigenvalue weighted by Crippen LogP contribution is 2.41. The smallest absolute Gasteiger partial charge is 0.309 e. The first-order valence-electron chi connectivity index (χ1n) is 11.6. The second-order valence-corrected chi connectivity index (χ2v) is 8.71. The van der Waals surface area contributed by atoms with Crippen LogP contribution in [0.25, 0.3) is 49.7 Å². The number of para-hydroxylation sites is 1. The minimum Gasteiger partial charge on any atom is -0.309 e. The third-order valence-electron chi connectivity index (χ3n) is 6.57. The normalized spacial score (nSPS) is 11.6. The summed E-state index contributed by atoms with van der Waals surface area (Å²) in [4.78, 5) is 4.08. The van der Waals surface area contributed by atoms with E-state index in [1.165, 1.54) is 12.1 Å². The van der Waals surface area contributed by atoms with Crippen LogP contribution in [-0.4, -0.2) is 9.55 Å². The van der Waals surface area contributed by atoms with Crippen molar-refractivity contribution in [2.75, 3.05) is 0 Å². The van der Waals surface area contributed by atoms with Crippen molar-refractivity contribution in [2.24, 2.45) is 0 Å². The van der Waals surface area contributed by atoms with Gasteiger partial charge in [0.25, 0.3) is 0 Å². The monoisotopic (exact) mass is 489 g/mol. The Labute approximate surface area is 210 Å². The van der Waals surface area contributed by atoms with Crippen LogP contribution in [0.3, 0.4) is 0 Å². The van der Waals surface area contributed by atoms with E-state index in [0.29, 0.717) is 22.3 Å². The molecule has 0 aliphatic heterocycles. The van der Waals surface area contributed by atoms with Crippen molar-refractivity contribution in [1.29, 1.82) is 5.26 Å². The number of rotatable bonds is 3. The number of pyridine rings is 1. The van der Waals surface area contributed by atoms with Crippen LogP contribution in [0.1, 0.15) is 11.1 Å². The average molecular weight is 490 g/mol. The van der Waals surface area contributed by atoms with Crippen LogP contribution in [0, 0.1) is 11.3 Å². The van der Waals surface area contributed by atoms with Gasteiger partial charge in [-0.15, -0.1) is 0 Å². The van der Waals surface area contributed by atoms with Crippen LogP contribution in [0.15, 0.2) is 109 Å². The quantitative estimate of drug-likeness (QED) is 0.250. The summed E-state index contributed by atoms with van der Waals surface area (Å²) >= 11 is 0. The molecule has 0 fully saturated rings. The van der Waals surface area contributed by atoms with E-state index in [2.05, 4.69) is 11.1 Å². The maximum atomic E-state index is 13.8. The molecular weight excluding hydrogens is 471 g/mol. The summed E-state index contributed by atoms with van der Waals surface area (Å²) in [6.45, 7) is 0. The maximum Gasteiger partial charge on any atom is 0.416 e. The lowest BCUT2D eigenvalue weighted by molar-refractivity contribution is -0.137. The van der Waals surface area contributed by atoms with Crippen LogP contribution in [0.2, 0.25) is 0 Å². The van der Waals surface area contributed by atoms with Crippen LogP contribution >= 0.6 is 0 Å². The number of nitrogens with zero attached hydrogens (tertiary/aromatic N) is 3. The first kappa shape index (κ1) is 22.6.